The van der Waals surface area contributed by atoms with Crippen LogP contribution in [0.2, 0.25) is 0 Å². The number of rotatable bonds is 7. The van der Waals surface area contributed by atoms with E-state index in [1.807, 2.05) is 33.9 Å². The fourth-order valence-corrected chi connectivity index (χ4v) is 3.32. The summed E-state index contributed by atoms with van der Waals surface area (Å²) in [4.78, 5) is 0. The summed E-state index contributed by atoms with van der Waals surface area (Å²) < 4.78 is 3.94. The number of aromatic nitrogens is 4. The molecule has 4 rings (SSSR count). The molecule has 28 heavy (non-hydrogen) atoms. The van der Waals surface area contributed by atoms with Crippen molar-refractivity contribution < 1.29 is 0 Å². The van der Waals surface area contributed by atoms with Gasteiger partial charge in [0.15, 0.2) is 0 Å². The summed E-state index contributed by atoms with van der Waals surface area (Å²) in [6.07, 6.45) is 5.93. The van der Waals surface area contributed by atoms with Gasteiger partial charge in [-0.05, 0) is 37.1 Å². The van der Waals surface area contributed by atoms with Crippen molar-refractivity contribution in [1.29, 1.82) is 0 Å². The lowest BCUT2D eigenvalue weighted by atomic mass is 10.1. The lowest BCUT2D eigenvalue weighted by Crippen LogP contribution is -2.19. The fraction of sp³-hybridized carbons (Fsp3) is 0.217. The Balaban J connectivity index is 1.60. The smallest absolute Gasteiger partial charge is 0.0972 e. The van der Waals surface area contributed by atoms with Gasteiger partial charge in [-0.3, -0.25) is 4.68 Å². The number of hydrogen-bond donors (Lipinski definition) is 1. The van der Waals surface area contributed by atoms with Crippen LogP contribution in [0.1, 0.15) is 16.7 Å². The lowest BCUT2D eigenvalue weighted by molar-refractivity contribution is 0.555. The second-order valence-corrected chi connectivity index (χ2v) is 7.05. The summed E-state index contributed by atoms with van der Waals surface area (Å²) in [5, 5.41) is 12.7. The van der Waals surface area contributed by atoms with E-state index in [9.17, 15) is 0 Å². The second-order valence-electron chi connectivity index (χ2n) is 7.05. The average Bonchev–Trinajstić information content (AvgIpc) is 3.38. The molecule has 0 unspecified atom stereocenters. The summed E-state index contributed by atoms with van der Waals surface area (Å²) in [5.41, 5.74) is 6.92. The van der Waals surface area contributed by atoms with Gasteiger partial charge in [0, 0.05) is 42.8 Å². The molecule has 0 aliphatic heterocycles. The van der Waals surface area contributed by atoms with Gasteiger partial charge in [0.1, 0.15) is 0 Å². The van der Waals surface area contributed by atoms with Gasteiger partial charge < -0.3 is 5.32 Å². The minimum Gasteiger partial charge on any atom is -0.311 e. The van der Waals surface area contributed by atoms with Crippen LogP contribution in [0.3, 0.4) is 0 Å². The van der Waals surface area contributed by atoms with E-state index in [0.717, 1.165) is 36.6 Å². The van der Waals surface area contributed by atoms with Gasteiger partial charge in [-0.1, -0.05) is 42.5 Å². The average molecular weight is 371 g/mol. The summed E-state index contributed by atoms with van der Waals surface area (Å²) in [6, 6.07) is 18.8. The van der Waals surface area contributed by atoms with Crippen LogP contribution >= 0.6 is 0 Å². The van der Waals surface area contributed by atoms with Gasteiger partial charge in [0.05, 0.1) is 17.9 Å². The molecule has 0 amide bonds. The van der Waals surface area contributed by atoms with E-state index >= 15 is 0 Å². The number of nitrogens with one attached hydrogen (secondary N) is 1. The Bertz CT molecular complexity index is 1030. The third-order valence-electron chi connectivity index (χ3n) is 4.84. The van der Waals surface area contributed by atoms with Crippen LogP contribution in [0.5, 0.6) is 0 Å². The zero-order valence-corrected chi connectivity index (χ0v) is 16.3. The van der Waals surface area contributed by atoms with Gasteiger partial charge in [0.25, 0.3) is 0 Å². The van der Waals surface area contributed by atoms with Crippen molar-refractivity contribution in [3.8, 4) is 16.9 Å². The number of hydrogen-bond acceptors (Lipinski definition) is 3. The van der Waals surface area contributed by atoms with Crippen molar-refractivity contribution in [2.24, 2.45) is 0 Å². The molecule has 0 atom stereocenters. The van der Waals surface area contributed by atoms with Crippen LogP contribution in [0.4, 0.5) is 0 Å². The van der Waals surface area contributed by atoms with Crippen LogP contribution < -0.4 is 5.32 Å². The van der Waals surface area contributed by atoms with Crippen LogP contribution in [0.15, 0.2) is 73.2 Å². The van der Waals surface area contributed by atoms with Gasteiger partial charge in [-0.15, -0.1) is 0 Å². The number of benzene rings is 2. The lowest BCUT2D eigenvalue weighted by Gasteiger charge is -2.07. The van der Waals surface area contributed by atoms with Crippen LogP contribution in [0, 0.1) is 13.8 Å². The third kappa shape index (κ3) is 4.05. The molecule has 0 saturated carbocycles. The predicted octanol–water partition coefficient (Wildman–Crippen LogP) is 4.14. The molecule has 5 heteroatoms. The second kappa shape index (κ2) is 8.23. The molecule has 0 radical (unpaired) electrons. The summed E-state index contributed by atoms with van der Waals surface area (Å²) in [7, 11) is 0. The SMILES string of the molecule is Cc1ccc(C)c(-n2cc(CNCCn3cccn3)c(-c3ccccc3)n2)c1. The molecule has 5 nitrogen and oxygen atoms in total. The Kier molecular flexibility index (Phi) is 5.35. The Morgan fingerprint density at radius 1 is 1.00 bits per heavy atom. The molecule has 0 saturated heterocycles. The first-order valence-electron chi connectivity index (χ1n) is 9.60. The first kappa shape index (κ1) is 18.2. The predicted molar refractivity (Wildman–Crippen MR) is 112 cm³/mol. The van der Waals surface area contributed by atoms with Crippen LogP contribution in [-0.2, 0) is 13.1 Å². The topological polar surface area (TPSA) is 47.7 Å². The molecular weight excluding hydrogens is 346 g/mol. The van der Waals surface area contributed by atoms with E-state index in [1.54, 1.807) is 0 Å². The quantitative estimate of drug-likeness (QED) is 0.497. The van der Waals surface area contributed by atoms with E-state index in [-0.39, 0.29) is 0 Å². The van der Waals surface area contributed by atoms with Crippen molar-refractivity contribution in [1.82, 2.24) is 24.9 Å². The van der Waals surface area contributed by atoms with E-state index in [0.29, 0.717) is 0 Å². The standard InChI is InChI=1S/C23H25N5/c1-18-9-10-19(2)22(15-18)28-17-21(16-24-12-14-27-13-6-11-25-27)23(26-28)20-7-4-3-5-8-20/h3-11,13,15,17,24H,12,14,16H2,1-2H3. The van der Waals surface area contributed by atoms with Crippen molar-refractivity contribution in [2.75, 3.05) is 6.54 Å². The molecule has 0 aliphatic rings. The van der Waals surface area contributed by atoms with E-state index in [1.165, 1.54) is 16.7 Å². The maximum absolute atomic E-state index is 4.94. The molecule has 2 aromatic carbocycles. The normalized spacial score (nSPS) is 11.1. The summed E-state index contributed by atoms with van der Waals surface area (Å²) in [6.45, 7) is 6.70. The molecule has 2 aromatic heterocycles. The highest BCUT2D eigenvalue weighted by Gasteiger charge is 2.13. The van der Waals surface area contributed by atoms with Gasteiger partial charge >= 0.3 is 0 Å². The van der Waals surface area contributed by atoms with Gasteiger partial charge in [0.2, 0.25) is 0 Å². The Hall–Kier alpha value is -3.18. The molecule has 0 fully saturated rings. The molecule has 2 heterocycles. The molecule has 0 bridgehead atoms. The zero-order valence-electron chi connectivity index (χ0n) is 16.3. The van der Waals surface area contributed by atoms with Crippen molar-refractivity contribution in [3.63, 3.8) is 0 Å². The molecule has 4 aromatic rings. The highest BCUT2D eigenvalue weighted by atomic mass is 15.3. The van der Waals surface area contributed by atoms with Crippen molar-refractivity contribution in [3.05, 3.63) is 89.9 Å². The summed E-state index contributed by atoms with van der Waals surface area (Å²) >= 11 is 0. The molecule has 0 spiro atoms. The Morgan fingerprint density at radius 2 is 1.86 bits per heavy atom. The maximum Gasteiger partial charge on any atom is 0.0972 e. The van der Waals surface area contributed by atoms with Gasteiger partial charge in [-0.25, -0.2) is 4.68 Å². The van der Waals surface area contributed by atoms with E-state index in [2.05, 4.69) is 72.9 Å². The monoisotopic (exact) mass is 371 g/mol. The summed E-state index contributed by atoms with van der Waals surface area (Å²) in [5.74, 6) is 0. The maximum atomic E-state index is 4.94. The minimum atomic E-state index is 0.760. The Morgan fingerprint density at radius 3 is 2.64 bits per heavy atom. The molecule has 0 aliphatic carbocycles. The van der Waals surface area contributed by atoms with Crippen molar-refractivity contribution >= 4 is 0 Å². The number of nitrogens with zero attached hydrogens (tertiary/aromatic N) is 4. The van der Waals surface area contributed by atoms with Gasteiger partial charge in [-0.2, -0.15) is 10.2 Å². The third-order valence-corrected chi connectivity index (χ3v) is 4.84. The zero-order chi connectivity index (χ0) is 19.3. The number of aryl methyl sites for hydroxylation is 2. The first-order valence-corrected chi connectivity index (χ1v) is 9.60. The Labute approximate surface area is 165 Å². The largest absolute Gasteiger partial charge is 0.311 e. The van der Waals surface area contributed by atoms with Crippen LogP contribution in [-0.4, -0.2) is 26.1 Å². The first-order chi connectivity index (χ1) is 13.7. The van der Waals surface area contributed by atoms with Crippen LogP contribution in [0.25, 0.3) is 16.9 Å². The molecule has 1 N–H and O–H groups in total. The highest BCUT2D eigenvalue weighted by molar-refractivity contribution is 5.63. The minimum absolute atomic E-state index is 0.760. The fourth-order valence-electron chi connectivity index (χ4n) is 3.32. The van der Waals surface area contributed by atoms with E-state index in [4.69, 9.17) is 5.10 Å². The highest BCUT2D eigenvalue weighted by Crippen LogP contribution is 2.25. The molecular formula is C23H25N5. The molecule has 142 valence electrons. The van der Waals surface area contributed by atoms with Crippen molar-refractivity contribution in [2.45, 2.75) is 26.9 Å². The van der Waals surface area contributed by atoms with E-state index < -0.39 is 0 Å².